The Hall–Kier alpha value is -2.65. The fraction of sp³-hybridized carbons (Fsp3) is 0.710. The van der Waals surface area contributed by atoms with Crippen molar-refractivity contribution >= 4 is 19.1 Å². The fourth-order valence-corrected chi connectivity index (χ4v) is 7.43. The topological polar surface area (TPSA) is 135 Å². The van der Waals surface area contributed by atoms with Crippen LogP contribution in [0.2, 0.25) is 0 Å². The lowest BCUT2D eigenvalue weighted by Gasteiger charge is -2.46. The van der Waals surface area contributed by atoms with E-state index < -0.39 is 30.6 Å². The predicted molar refractivity (Wildman–Crippen MR) is 159 cm³/mol. The van der Waals surface area contributed by atoms with Gasteiger partial charge >= 0.3 is 13.2 Å². The van der Waals surface area contributed by atoms with E-state index >= 15 is 0 Å². The van der Waals surface area contributed by atoms with Crippen LogP contribution < -0.4 is 5.32 Å². The quantitative estimate of drug-likeness (QED) is 0.339. The van der Waals surface area contributed by atoms with Gasteiger partial charge in [-0.2, -0.15) is 5.26 Å². The largest absolute Gasteiger partial charge is 0.475 e. The van der Waals surface area contributed by atoms with Gasteiger partial charge < -0.3 is 29.7 Å². The molecule has 2 unspecified atom stereocenters. The number of carbonyl (C=O) groups is 2. The number of amides is 2. The Labute approximate surface area is 250 Å². The van der Waals surface area contributed by atoms with Gasteiger partial charge in [0.15, 0.2) is 0 Å². The van der Waals surface area contributed by atoms with Crippen molar-refractivity contribution in [3.05, 3.63) is 35.9 Å². The summed E-state index contributed by atoms with van der Waals surface area (Å²) >= 11 is 0. The van der Waals surface area contributed by atoms with Crippen LogP contribution >= 0.6 is 0 Å². The van der Waals surface area contributed by atoms with Gasteiger partial charge in [0, 0.05) is 24.7 Å². The molecule has 2 bridgehead atoms. The van der Waals surface area contributed by atoms with Crippen molar-refractivity contribution in [2.45, 2.75) is 108 Å². The maximum atomic E-state index is 14.0. The van der Waals surface area contributed by atoms with Gasteiger partial charge in [0.2, 0.25) is 5.91 Å². The molecule has 3 heterocycles. The van der Waals surface area contributed by atoms with Gasteiger partial charge in [-0.15, -0.1) is 0 Å². The third-order valence-corrected chi connectivity index (χ3v) is 9.50. The molecule has 0 aliphatic carbocycles. The number of nitriles is 1. The van der Waals surface area contributed by atoms with Gasteiger partial charge in [-0.25, -0.2) is 4.79 Å². The molecule has 3 saturated heterocycles. The molecule has 230 valence electrons. The summed E-state index contributed by atoms with van der Waals surface area (Å²) < 4.78 is 11.5. The van der Waals surface area contributed by atoms with Gasteiger partial charge in [-0.1, -0.05) is 37.3 Å². The van der Waals surface area contributed by atoms with Gasteiger partial charge in [0.25, 0.3) is 0 Å². The number of carbonyl (C=O) groups excluding carboxylic acids is 2. The first-order valence-corrected chi connectivity index (χ1v) is 15.3. The van der Waals surface area contributed by atoms with E-state index in [1.54, 1.807) is 0 Å². The molecule has 5 atom stereocenters. The molecule has 10 nitrogen and oxygen atoms in total. The number of benzene rings is 1. The van der Waals surface area contributed by atoms with Crippen LogP contribution in [0.5, 0.6) is 0 Å². The Kier molecular flexibility index (Phi) is 10.2. The highest BCUT2D eigenvalue weighted by Crippen LogP contribution is 2.48. The summed E-state index contributed by atoms with van der Waals surface area (Å²) in [6.07, 6.45) is 3.43. The summed E-state index contributed by atoms with van der Waals surface area (Å²) in [5.41, 5.74) is -0.0128. The van der Waals surface area contributed by atoms with Gasteiger partial charge in [0.1, 0.15) is 12.5 Å². The van der Waals surface area contributed by atoms with Gasteiger partial charge in [0.05, 0.1) is 29.8 Å². The monoisotopic (exact) mass is 582 g/mol. The number of rotatable bonds is 11. The number of hydrogen-bond acceptors (Lipinski definition) is 8. The highest BCUT2D eigenvalue weighted by Gasteiger charge is 2.56. The molecule has 3 fully saturated rings. The summed E-state index contributed by atoms with van der Waals surface area (Å²) in [7, 11) is -1.76. The summed E-state index contributed by atoms with van der Waals surface area (Å²) in [6.45, 7) is 12.1. The molecule has 3 aliphatic rings. The number of ether oxygens (including phenoxy) is 2. The van der Waals surface area contributed by atoms with E-state index in [4.69, 9.17) is 9.47 Å². The smallest absolute Gasteiger partial charge is 0.447 e. The second kappa shape index (κ2) is 13.3. The van der Waals surface area contributed by atoms with E-state index in [9.17, 15) is 24.9 Å². The van der Waals surface area contributed by atoms with Crippen molar-refractivity contribution in [1.82, 2.24) is 15.1 Å². The third-order valence-electron chi connectivity index (χ3n) is 9.50. The molecule has 4 rings (SSSR count). The predicted octanol–water partition coefficient (Wildman–Crippen LogP) is 2.91. The molecule has 42 heavy (non-hydrogen) atoms. The van der Waals surface area contributed by atoms with Crippen LogP contribution in [-0.4, -0.2) is 93.9 Å². The number of fused-ring (bicyclic) bond motifs is 2. The van der Waals surface area contributed by atoms with Gasteiger partial charge in [-0.05, 0) is 77.7 Å². The first kappa shape index (κ1) is 32.3. The minimum Gasteiger partial charge on any atom is -0.447 e. The molecule has 11 heteroatoms. The van der Waals surface area contributed by atoms with E-state index in [1.165, 1.54) is 0 Å². The Morgan fingerprint density at radius 3 is 2.38 bits per heavy atom. The summed E-state index contributed by atoms with van der Waals surface area (Å²) in [5, 5.41) is 32.5. The minimum absolute atomic E-state index is 0.00221. The van der Waals surface area contributed by atoms with E-state index in [1.807, 2.05) is 42.2 Å². The Morgan fingerprint density at radius 2 is 1.81 bits per heavy atom. The zero-order valence-corrected chi connectivity index (χ0v) is 25.7. The molecule has 0 radical (unpaired) electrons. The minimum atomic E-state index is -1.76. The lowest BCUT2D eigenvalue weighted by molar-refractivity contribution is -0.141. The number of nitrogens with zero attached hydrogens (tertiary/aromatic N) is 3. The Morgan fingerprint density at radius 1 is 1.19 bits per heavy atom. The molecular formula is C31H47BN4O6. The van der Waals surface area contributed by atoms with Crippen LogP contribution in [0.1, 0.15) is 72.3 Å². The second-order valence-electron chi connectivity index (χ2n) is 13.4. The normalized spacial score (nSPS) is 28.0. The van der Waals surface area contributed by atoms with Crippen molar-refractivity contribution in [3.8, 4) is 6.07 Å². The van der Waals surface area contributed by atoms with Crippen LogP contribution in [0.25, 0.3) is 0 Å². The highest BCUT2D eigenvalue weighted by molar-refractivity contribution is 6.43. The first-order valence-electron chi connectivity index (χ1n) is 15.3. The van der Waals surface area contributed by atoms with E-state index in [0.717, 1.165) is 31.5 Å². The molecule has 0 aromatic heterocycles. The number of morpholine rings is 1. The molecule has 3 aliphatic heterocycles. The first-order chi connectivity index (χ1) is 19.8. The molecule has 0 saturated carbocycles. The number of hydrogen-bond donors (Lipinski definition) is 3. The second-order valence-corrected chi connectivity index (χ2v) is 13.4. The lowest BCUT2D eigenvalue weighted by atomic mass is 9.76. The average molecular weight is 583 g/mol. The van der Waals surface area contributed by atoms with Crippen molar-refractivity contribution in [2.24, 2.45) is 11.8 Å². The lowest BCUT2D eigenvalue weighted by Crippen LogP contribution is -2.56. The van der Waals surface area contributed by atoms with Crippen LogP contribution in [0.4, 0.5) is 4.79 Å². The zero-order valence-electron chi connectivity index (χ0n) is 25.7. The highest BCUT2D eigenvalue weighted by atomic mass is 16.6. The van der Waals surface area contributed by atoms with E-state index in [-0.39, 0.29) is 48.6 Å². The molecule has 1 aromatic carbocycles. The molecule has 2 amide bonds. The standard InChI is InChI=1S/C31H47BN4O6/c1-21(16-30(4,5)35-18-22(2)42-23(3)19-35)26(17-33)28(37)36-25-11-13-31(36,14-12-25)20-41-29(38)34-27(32(39)40)15-24-9-7-6-8-10-24/h6-10,21-23,25-27,39-40H,11-16,18-20H2,1-5H3,(H,34,38)/t21?,22-,23-,25?,26?,27+,31?/m1/s1. The van der Waals surface area contributed by atoms with Crippen LogP contribution in [-0.2, 0) is 20.7 Å². The Balaban J connectivity index is 1.39. The maximum Gasteiger partial charge on any atom is 0.475 e. The van der Waals surface area contributed by atoms with E-state index in [0.29, 0.717) is 19.3 Å². The SMILES string of the molecule is CC(CC(C)(C)N1C[C@@H](C)O[C@H](C)C1)C(C#N)C(=O)N1C2CCC1(COC(=O)N[C@@H](Cc1ccccc1)B(O)O)CC2. The van der Waals surface area contributed by atoms with Crippen molar-refractivity contribution < 1.29 is 29.1 Å². The van der Waals surface area contributed by atoms with Gasteiger partial charge in [-0.3, -0.25) is 9.69 Å². The average Bonchev–Trinajstić information content (AvgIpc) is 3.47. The summed E-state index contributed by atoms with van der Waals surface area (Å²) in [5.74, 6) is -2.09. The molecule has 3 N–H and O–H groups in total. The molecule has 1 aromatic rings. The maximum absolute atomic E-state index is 14.0. The van der Waals surface area contributed by atoms with Crippen LogP contribution in [0.15, 0.2) is 30.3 Å². The van der Waals surface area contributed by atoms with Crippen molar-refractivity contribution in [1.29, 1.82) is 5.26 Å². The molecular weight excluding hydrogens is 535 g/mol. The van der Waals surface area contributed by atoms with Crippen LogP contribution in [0.3, 0.4) is 0 Å². The zero-order chi connectivity index (χ0) is 30.7. The fourth-order valence-electron chi connectivity index (χ4n) is 7.43. The number of nitrogens with one attached hydrogen (secondary N) is 1. The van der Waals surface area contributed by atoms with Crippen molar-refractivity contribution in [3.63, 3.8) is 0 Å². The van der Waals surface area contributed by atoms with Crippen molar-refractivity contribution in [2.75, 3.05) is 19.7 Å². The number of alkyl carbamates (subject to hydrolysis) is 1. The third kappa shape index (κ3) is 7.28. The summed E-state index contributed by atoms with van der Waals surface area (Å²) in [4.78, 5) is 31.0. The summed E-state index contributed by atoms with van der Waals surface area (Å²) in [6, 6.07) is 11.6. The Bertz CT molecular complexity index is 1110. The van der Waals surface area contributed by atoms with Crippen LogP contribution in [0, 0.1) is 23.2 Å². The van der Waals surface area contributed by atoms with E-state index in [2.05, 4.69) is 44.0 Å². The molecule has 0 spiro atoms.